The van der Waals surface area contributed by atoms with Crippen molar-refractivity contribution in [1.29, 1.82) is 0 Å². The van der Waals surface area contributed by atoms with Gasteiger partial charge in [-0.3, -0.25) is 0 Å². The van der Waals surface area contributed by atoms with Crippen LogP contribution in [0, 0.1) is 5.82 Å². The average Bonchev–Trinajstić information content (AvgIpc) is 2.65. The Labute approximate surface area is 90.9 Å². The monoisotopic (exact) mass is 207 g/mol. The van der Waals surface area contributed by atoms with Gasteiger partial charge < -0.3 is 4.90 Å². The Hall–Kier alpha value is -0.890. The van der Waals surface area contributed by atoms with E-state index in [4.69, 9.17) is 0 Å². The fourth-order valence-corrected chi connectivity index (χ4v) is 2.48. The first-order valence-corrected chi connectivity index (χ1v) is 5.78. The van der Waals surface area contributed by atoms with Crippen LogP contribution >= 0.6 is 0 Å². The lowest BCUT2D eigenvalue weighted by atomic mass is 10.0. The first-order valence-electron chi connectivity index (χ1n) is 5.78. The molecule has 1 aliphatic rings. The van der Waals surface area contributed by atoms with E-state index in [1.165, 1.54) is 25.5 Å². The molecule has 1 heterocycles. The van der Waals surface area contributed by atoms with Crippen LogP contribution in [-0.4, -0.2) is 24.0 Å². The first kappa shape index (κ1) is 10.6. The summed E-state index contributed by atoms with van der Waals surface area (Å²) in [5.74, 6) is -0.117. The Morgan fingerprint density at radius 1 is 1.47 bits per heavy atom. The Kier molecular flexibility index (Phi) is 3.37. The van der Waals surface area contributed by atoms with Crippen molar-refractivity contribution in [3.8, 4) is 0 Å². The number of nitrogens with zero attached hydrogens (tertiary/aromatic N) is 1. The maximum Gasteiger partial charge on any atom is 0.123 e. The van der Waals surface area contributed by atoms with Gasteiger partial charge in [-0.15, -0.1) is 0 Å². The molecule has 1 fully saturated rings. The van der Waals surface area contributed by atoms with Crippen LogP contribution in [-0.2, 0) is 6.42 Å². The SMILES string of the molecule is CCN1CCC[C@@H]1Cc1cccc(F)c1. The third kappa shape index (κ3) is 2.57. The molecular formula is C13H18FN. The van der Waals surface area contributed by atoms with E-state index < -0.39 is 0 Å². The molecule has 1 aromatic carbocycles. The molecule has 0 saturated carbocycles. The Balaban J connectivity index is 2.02. The van der Waals surface area contributed by atoms with Gasteiger partial charge in [0.05, 0.1) is 0 Å². The lowest BCUT2D eigenvalue weighted by Gasteiger charge is -2.22. The molecule has 15 heavy (non-hydrogen) atoms. The van der Waals surface area contributed by atoms with Gasteiger partial charge in [-0.05, 0) is 50.0 Å². The van der Waals surface area contributed by atoms with Crippen molar-refractivity contribution in [1.82, 2.24) is 4.90 Å². The predicted molar refractivity (Wildman–Crippen MR) is 60.4 cm³/mol. The largest absolute Gasteiger partial charge is 0.300 e. The van der Waals surface area contributed by atoms with E-state index in [9.17, 15) is 4.39 Å². The topological polar surface area (TPSA) is 3.24 Å². The van der Waals surface area contributed by atoms with Crippen LogP contribution in [0.4, 0.5) is 4.39 Å². The number of benzene rings is 1. The molecule has 0 aromatic heterocycles. The molecule has 0 bridgehead atoms. The number of hydrogen-bond donors (Lipinski definition) is 0. The van der Waals surface area contributed by atoms with Crippen molar-refractivity contribution < 1.29 is 4.39 Å². The molecule has 0 spiro atoms. The van der Waals surface area contributed by atoms with Crippen LogP contribution < -0.4 is 0 Å². The maximum atomic E-state index is 13.0. The van der Waals surface area contributed by atoms with Crippen molar-refractivity contribution in [3.63, 3.8) is 0 Å². The number of rotatable bonds is 3. The number of hydrogen-bond acceptors (Lipinski definition) is 1. The quantitative estimate of drug-likeness (QED) is 0.736. The van der Waals surface area contributed by atoms with E-state index in [0.717, 1.165) is 18.5 Å². The fraction of sp³-hybridized carbons (Fsp3) is 0.538. The van der Waals surface area contributed by atoms with Gasteiger partial charge in [0.25, 0.3) is 0 Å². The molecule has 1 atom stereocenters. The summed E-state index contributed by atoms with van der Waals surface area (Å²) in [5, 5.41) is 0. The second kappa shape index (κ2) is 4.75. The third-order valence-electron chi connectivity index (χ3n) is 3.27. The third-order valence-corrected chi connectivity index (χ3v) is 3.27. The van der Waals surface area contributed by atoms with Crippen molar-refractivity contribution >= 4 is 0 Å². The number of likely N-dealkylation sites (N-methyl/N-ethyl adjacent to an activating group) is 1. The number of halogens is 1. The zero-order chi connectivity index (χ0) is 10.7. The van der Waals surface area contributed by atoms with Gasteiger partial charge >= 0.3 is 0 Å². The molecule has 1 aromatic rings. The van der Waals surface area contributed by atoms with Crippen molar-refractivity contribution in [2.24, 2.45) is 0 Å². The molecule has 82 valence electrons. The molecule has 1 saturated heterocycles. The Bertz CT molecular complexity index is 324. The normalized spacial score (nSPS) is 22.1. The van der Waals surface area contributed by atoms with E-state index in [-0.39, 0.29) is 5.82 Å². The Morgan fingerprint density at radius 2 is 2.33 bits per heavy atom. The van der Waals surface area contributed by atoms with Crippen LogP contribution in [0.25, 0.3) is 0 Å². The van der Waals surface area contributed by atoms with Gasteiger partial charge in [0.1, 0.15) is 5.82 Å². The summed E-state index contributed by atoms with van der Waals surface area (Å²) in [7, 11) is 0. The van der Waals surface area contributed by atoms with Crippen LogP contribution in [0.1, 0.15) is 25.3 Å². The molecule has 1 nitrogen and oxygen atoms in total. The summed E-state index contributed by atoms with van der Waals surface area (Å²) in [6.45, 7) is 4.51. The zero-order valence-corrected chi connectivity index (χ0v) is 9.25. The highest BCUT2D eigenvalue weighted by Crippen LogP contribution is 2.20. The highest BCUT2D eigenvalue weighted by Gasteiger charge is 2.22. The highest BCUT2D eigenvalue weighted by molar-refractivity contribution is 5.17. The smallest absolute Gasteiger partial charge is 0.123 e. The van der Waals surface area contributed by atoms with Crippen LogP contribution in [0.3, 0.4) is 0 Å². The molecule has 0 aliphatic carbocycles. The summed E-state index contributed by atoms with van der Waals surface area (Å²) < 4.78 is 13.0. The zero-order valence-electron chi connectivity index (χ0n) is 9.25. The summed E-state index contributed by atoms with van der Waals surface area (Å²) in [6, 6.07) is 7.62. The van der Waals surface area contributed by atoms with Gasteiger partial charge in [0, 0.05) is 6.04 Å². The van der Waals surface area contributed by atoms with Gasteiger partial charge in [0.2, 0.25) is 0 Å². The predicted octanol–water partition coefficient (Wildman–Crippen LogP) is 2.85. The Morgan fingerprint density at radius 3 is 3.07 bits per heavy atom. The van der Waals surface area contributed by atoms with Crippen LogP contribution in [0.15, 0.2) is 24.3 Å². The van der Waals surface area contributed by atoms with E-state index in [1.807, 2.05) is 6.07 Å². The molecule has 1 aliphatic heterocycles. The van der Waals surface area contributed by atoms with E-state index >= 15 is 0 Å². The molecule has 0 amide bonds. The molecule has 0 radical (unpaired) electrons. The van der Waals surface area contributed by atoms with Gasteiger partial charge in [-0.25, -0.2) is 4.39 Å². The average molecular weight is 207 g/mol. The minimum absolute atomic E-state index is 0.117. The van der Waals surface area contributed by atoms with Crippen LogP contribution in [0.5, 0.6) is 0 Å². The minimum atomic E-state index is -0.117. The summed E-state index contributed by atoms with van der Waals surface area (Å²) in [4.78, 5) is 2.49. The van der Waals surface area contributed by atoms with Crippen molar-refractivity contribution in [2.45, 2.75) is 32.2 Å². The molecule has 2 rings (SSSR count). The second-order valence-electron chi connectivity index (χ2n) is 4.26. The van der Waals surface area contributed by atoms with Crippen molar-refractivity contribution in [3.05, 3.63) is 35.6 Å². The standard InChI is InChI=1S/C13H18FN/c1-2-15-8-4-7-13(15)10-11-5-3-6-12(14)9-11/h3,5-6,9,13H,2,4,7-8,10H2,1H3/t13-/m1/s1. The second-order valence-corrected chi connectivity index (χ2v) is 4.26. The van der Waals surface area contributed by atoms with E-state index in [0.29, 0.717) is 6.04 Å². The maximum absolute atomic E-state index is 13.0. The summed E-state index contributed by atoms with van der Waals surface area (Å²) >= 11 is 0. The first-order chi connectivity index (χ1) is 7.29. The van der Waals surface area contributed by atoms with Gasteiger partial charge in [-0.1, -0.05) is 19.1 Å². The fourth-order valence-electron chi connectivity index (χ4n) is 2.48. The van der Waals surface area contributed by atoms with E-state index in [1.54, 1.807) is 12.1 Å². The molecule has 0 unspecified atom stereocenters. The molecule has 2 heteroatoms. The minimum Gasteiger partial charge on any atom is -0.300 e. The number of likely N-dealkylation sites (tertiary alicyclic amines) is 1. The van der Waals surface area contributed by atoms with Crippen molar-refractivity contribution in [2.75, 3.05) is 13.1 Å². The lowest BCUT2D eigenvalue weighted by Crippen LogP contribution is -2.30. The van der Waals surface area contributed by atoms with Gasteiger partial charge in [-0.2, -0.15) is 0 Å². The molecular weight excluding hydrogens is 189 g/mol. The van der Waals surface area contributed by atoms with Gasteiger partial charge in [0.15, 0.2) is 0 Å². The van der Waals surface area contributed by atoms with E-state index in [2.05, 4.69) is 11.8 Å². The van der Waals surface area contributed by atoms with Crippen LogP contribution in [0.2, 0.25) is 0 Å². The highest BCUT2D eigenvalue weighted by atomic mass is 19.1. The summed E-state index contributed by atoms with van der Waals surface area (Å²) in [5.41, 5.74) is 1.13. The summed E-state index contributed by atoms with van der Waals surface area (Å²) in [6.07, 6.45) is 3.53. The lowest BCUT2D eigenvalue weighted by molar-refractivity contribution is 0.266. The molecule has 0 N–H and O–H groups in total.